The molecule has 1 saturated carbocycles. The fraction of sp³-hybridized carbons (Fsp3) is 0.394. The van der Waals surface area contributed by atoms with E-state index < -0.39 is 47.9 Å². The Labute approximate surface area is 246 Å². The molecule has 9 nitrogen and oxygen atoms in total. The van der Waals surface area contributed by atoms with Crippen LogP contribution in [-0.2, 0) is 19.1 Å². The first kappa shape index (κ1) is 30.6. The number of nitrogens with one attached hydrogen (secondary N) is 2. The van der Waals surface area contributed by atoms with Crippen molar-refractivity contribution in [2.24, 2.45) is 5.73 Å². The Kier molecular flexibility index (Phi) is 9.19. The number of rotatable bonds is 9. The van der Waals surface area contributed by atoms with E-state index >= 15 is 0 Å². The Balaban J connectivity index is 1.76. The number of carbonyl (C=O) groups excluding carboxylic acids is 4. The molecule has 1 aliphatic rings. The molecule has 3 aromatic rings. The molecule has 1 aliphatic carbocycles. The van der Waals surface area contributed by atoms with Crippen LogP contribution in [0.3, 0.4) is 0 Å². The summed E-state index contributed by atoms with van der Waals surface area (Å²) in [5, 5.41) is 7.59. The third-order valence-corrected chi connectivity index (χ3v) is 7.48. The summed E-state index contributed by atoms with van der Waals surface area (Å²) >= 11 is 0. The van der Waals surface area contributed by atoms with Crippen LogP contribution in [0.5, 0.6) is 0 Å². The highest BCUT2D eigenvalue weighted by Crippen LogP contribution is 2.37. The lowest BCUT2D eigenvalue weighted by molar-refractivity contribution is -0.146. The molecule has 0 radical (unpaired) electrons. The van der Waals surface area contributed by atoms with E-state index in [2.05, 4.69) is 10.6 Å². The predicted octanol–water partition coefficient (Wildman–Crippen LogP) is 5.29. The van der Waals surface area contributed by atoms with Crippen molar-refractivity contribution in [3.8, 4) is 0 Å². The van der Waals surface area contributed by atoms with Crippen molar-refractivity contribution in [2.75, 3.05) is 5.32 Å². The van der Waals surface area contributed by atoms with Crippen LogP contribution in [0.15, 0.2) is 60.7 Å². The van der Waals surface area contributed by atoms with Gasteiger partial charge in [0, 0.05) is 11.7 Å². The van der Waals surface area contributed by atoms with Gasteiger partial charge in [-0.05, 0) is 93.5 Å². The Hall–Kier alpha value is -4.40. The lowest BCUT2D eigenvalue weighted by Gasteiger charge is -2.44. The molecular formula is C33H40N4O5. The number of hydrogen-bond acceptors (Lipinski definition) is 5. The van der Waals surface area contributed by atoms with Gasteiger partial charge in [-0.3, -0.25) is 14.4 Å². The number of ether oxygens (including phenoxy) is 1. The van der Waals surface area contributed by atoms with Crippen molar-refractivity contribution < 1.29 is 23.9 Å². The van der Waals surface area contributed by atoms with Crippen molar-refractivity contribution in [1.29, 1.82) is 0 Å². The molecule has 0 aromatic heterocycles. The molecule has 4 rings (SSSR count). The van der Waals surface area contributed by atoms with E-state index in [1.54, 1.807) is 25.7 Å². The topological polar surface area (TPSA) is 131 Å². The van der Waals surface area contributed by atoms with Crippen LogP contribution in [0.25, 0.3) is 10.8 Å². The van der Waals surface area contributed by atoms with Gasteiger partial charge < -0.3 is 26.0 Å². The Morgan fingerprint density at radius 1 is 0.952 bits per heavy atom. The summed E-state index contributed by atoms with van der Waals surface area (Å²) in [4.78, 5) is 55.0. The van der Waals surface area contributed by atoms with Crippen LogP contribution < -0.4 is 16.4 Å². The third-order valence-electron chi connectivity index (χ3n) is 7.48. The third kappa shape index (κ3) is 7.26. The van der Waals surface area contributed by atoms with Gasteiger partial charge in [-0.2, -0.15) is 0 Å². The Morgan fingerprint density at radius 2 is 1.60 bits per heavy atom. The SMILES string of the molecule is Cc1cccc(C)c1C(C(=O)Nc1ccc2ccccc2c1)N(C(=O)C(CC(N)=O)NC(=O)OC(C)(C)C)C1CCC1. The van der Waals surface area contributed by atoms with Crippen LogP contribution in [-0.4, -0.2) is 46.4 Å². The molecule has 3 aromatic carbocycles. The van der Waals surface area contributed by atoms with E-state index in [0.717, 1.165) is 28.3 Å². The molecule has 9 heteroatoms. The largest absolute Gasteiger partial charge is 0.444 e. The highest BCUT2D eigenvalue weighted by atomic mass is 16.6. The second-order valence-corrected chi connectivity index (χ2v) is 12.0. The maximum absolute atomic E-state index is 14.4. The number of hydrogen-bond donors (Lipinski definition) is 3. The summed E-state index contributed by atoms with van der Waals surface area (Å²) in [6.45, 7) is 8.91. The first-order valence-electron chi connectivity index (χ1n) is 14.3. The average molecular weight is 573 g/mol. The average Bonchev–Trinajstić information content (AvgIpc) is 2.86. The van der Waals surface area contributed by atoms with E-state index in [4.69, 9.17) is 10.5 Å². The summed E-state index contributed by atoms with van der Waals surface area (Å²) in [6, 6.07) is 16.6. The number of carbonyl (C=O) groups is 4. The van der Waals surface area contributed by atoms with E-state index in [9.17, 15) is 19.2 Å². The molecule has 42 heavy (non-hydrogen) atoms. The summed E-state index contributed by atoms with van der Waals surface area (Å²) in [6.07, 6.45) is 0.978. The van der Waals surface area contributed by atoms with E-state index in [1.165, 1.54) is 0 Å². The van der Waals surface area contributed by atoms with Gasteiger partial charge in [0.2, 0.25) is 11.8 Å². The van der Waals surface area contributed by atoms with Crippen molar-refractivity contribution in [3.63, 3.8) is 0 Å². The lowest BCUT2D eigenvalue weighted by atomic mass is 9.86. The van der Waals surface area contributed by atoms with Crippen LogP contribution in [0.1, 0.15) is 69.2 Å². The molecule has 222 valence electrons. The standard InChI is InChI=1S/C33H40N4O5/c1-20-10-8-11-21(2)28(20)29(30(39)35-24-17-16-22-12-6-7-13-23(22)18-24)37(25-14-9-15-25)31(40)26(19-27(34)38)36-32(41)42-33(3,4)5/h6-8,10-13,16-18,25-26,29H,9,14-15,19H2,1-5H3,(H2,34,38)(H,35,39)(H,36,41). The van der Waals surface area contributed by atoms with Gasteiger partial charge in [-0.15, -0.1) is 0 Å². The number of aryl methyl sites for hydroxylation is 2. The molecule has 0 bridgehead atoms. The maximum Gasteiger partial charge on any atom is 0.408 e. The highest BCUT2D eigenvalue weighted by Gasteiger charge is 2.43. The quantitative estimate of drug-likeness (QED) is 0.321. The summed E-state index contributed by atoms with van der Waals surface area (Å²) in [5.41, 5.74) is 7.68. The highest BCUT2D eigenvalue weighted by molar-refractivity contribution is 6.01. The number of nitrogens with two attached hydrogens (primary N) is 1. The molecule has 4 amide bonds. The first-order valence-corrected chi connectivity index (χ1v) is 14.3. The zero-order valence-electron chi connectivity index (χ0n) is 24.9. The molecule has 0 aliphatic heterocycles. The van der Waals surface area contributed by atoms with Gasteiger partial charge in [0.15, 0.2) is 0 Å². The first-order chi connectivity index (χ1) is 19.8. The molecule has 2 atom stereocenters. The van der Waals surface area contributed by atoms with Crippen LogP contribution in [0.4, 0.5) is 10.5 Å². The van der Waals surface area contributed by atoms with Crippen molar-refractivity contribution >= 4 is 40.3 Å². The minimum Gasteiger partial charge on any atom is -0.444 e. The molecule has 4 N–H and O–H groups in total. The number of amides is 4. The van der Waals surface area contributed by atoms with Gasteiger partial charge >= 0.3 is 6.09 Å². The fourth-order valence-corrected chi connectivity index (χ4v) is 5.35. The van der Waals surface area contributed by atoms with E-state index in [1.807, 2.05) is 74.5 Å². The van der Waals surface area contributed by atoms with E-state index in [-0.39, 0.29) is 6.04 Å². The van der Waals surface area contributed by atoms with Gasteiger partial charge in [-0.25, -0.2) is 4.79 Å². The lowest BCUT2D eigenvalue weighted by Crippen LogP contribution is -2.57. The number of benzene rings is 3. The second-order valence-electron chi connectivity index (χ2n) is 12.0. The molecular weight excluding hydrogens is 532 g/mol. The van der Waals surface area contributed by atoms with Crippen molar-refractivity contribution in [1.82, 2.24) is 10.2 Å². The second kappa shape index (κ2) is 12.6. The van der Waals surface area contributed by atoms with Crippen LogP contribution in [0, 0.1) is 13.8 Å². The van der Waals surface area contributed by atoms with Crippen molar-refractivity contribution in [3.05, 3.63) is 77.4 Å². The zero-order valence-corrected chi connectivity index (χ0v) is 24.9. The fourth-order valence-electron chi connectivity index (χ4n) is 5.35. The van der Waals surface area contributed by atoms with Gasteiger partial charge in [-0.1, -0.05) is 48.5 Å². The van der Waals surface area contributed by atoms with Crippen LogP contribution >= 0.6 is 0 Å². The van der Waals surface area contributed by atoms with Crippen LogP contribution in [0.2, 0.25) is 0 Å². The van der Waals surface area contributed by atoms with Crippen molar-refractivity contribution in [2.45, 2.75) is 84.0 Å². The summed E-state index contributed by atoms with van der Waals surface area (Å²) < 4.78 is 5.37. The predicted molar refractivity (Wildman–Crippen MR) is 163 cm³/mol. The Bertz CT molecular complexity index is 1470. The van der Waals surface area contributed by atoms with E-state index in [0.29, 0.717) is 24.1 Å². The molecule has 1 fully saturated rings. The summed E-state index contributed by atoms with van der Waals surface area (Å²) in [7, 11) is 0. The maximum atomic E-state index is 14.4. The number of primary amides is 1. The number of anilines is 1. The minimum absolute atomic E-state index is 0.264. The molecule has 0 heterocycles. The van der Waals surface area contributed by atoms with Gasteiger partial charge in [0.25, 0.3) is 5.91 Å². The summed E-state index contributed by atoms with van der Waals surface area (Å²) in [5.74, 6) is -1.72. The zero-order chi connectivity index (χ0) is 30.6. The Morgan fingerprint density at radius 3 is 2.17 bits per heavy atom. The van der Waals surface area contributed by atoms with Gasteiger partial charge in [0.05, 0.1) is 6.42 Å². The smallest absolute Gasteiger partial charge is 0.408 e. The molecule has 0 spiro atoms. The molecule has 0 saturated heterocycles. The number of fused-ring (bicyclic) bond motifs is 1. The molecule has 2 unspecified atom stereocenters. The monoisotopic (exact) mass is 572 g/mol. The number of alkyl carbamates (subject to hydrolysis) is 1. The van der Waals surface area contributed by atoms with Gasteiger partial charge in [0.1, 0.15) is 17.7 Å². The number of nitrogens with zero attached hydrogens (tertiary/aromatic N) is 1. The minimum atomic E-state index is -1.31. The normalized spacial score (nSPS) is 14.8.